The molecule has 0 aliphatic carbocycles. The van der Waals surface area contributed by atoms with Gasteiger partial charge in [-0.05, 0) is 95.6 Å². The molecule has 0 aromatic heterocycles. The highest BCUT2D eigenvalue weighted by Crippen LogP contribution is 2.37. The third-order valence-corrected chi connectivity index (χ3v) is 8.14. The van der Waals surface area contributed by atoms with E-state index >= 15 is 0 Å². The van der Waals surface area contributed by atoms with Crippen molar-refractivity contribution in [3.63, 3.8) is 0 Å². The van der Waals surface area contributed by atoms with Crippen molar-refractivity contribution < 1.29 is 33.3 Å². The number of hydrogen-bond acceptors (Lipinski definition) is 7. The first-order chi connectivity index (χ1) is 22.8. The molecule has 0 aliphatic heterocycles. The monoisotopic (exact) mass is 628 g/mol. The minimum absolute atomic E-state index is 0.224. The van der Waals surface area contributed by atoms with Crippen molar-refractivity contribution in [3.8, 4) is 16.9 Å². The van der Waals surface area contributed by atoms with E-state index in [4.69, 9.17) is 18.9 Å². The van der Waals surface area contributed by atoms with Gasteiger partial charge in [0, 0.05) is 11.1 Å². The molecule has 5 rings (SSSR count). The number of hydrogen-bond donors (Lipinski definition) is 0. The molecular weight excluding hydrogens is 592 g/mol. The first-order valence-electron chi connectivity index (χ1n) is 15.2. The van der Waals surface area contributed by atoms with Crippen LogP contribution < -0.4 is 4.74 Å². The molecule has 0 spiro atoms. The van der Waals surface area contributed by atoms with Gasteiger partial charge in [0.1, 0.15) is 12.4 Å². The summed E-state index contributed by atoms with van der Waals surface area (Å²) in [5, 5.41) is 0. The Balaban J connectivity index is 1.51. The van der Waals surface area contributed by atoms with Crippen LogP contribution in [-0.4, -0.2) is 26.0 Å². The Morgan fingerprint density at radius 3 is 1.79 bits per heavy atom. The zero-order chi connectivity index (χ0) is 33.3. The second-order valence-electron chi connectivity index (χ2n) is 11.3. The number of ether oxygens (including phenoxy) is 4. The summed E-state index contributed by atoms with van der Waals surface area (Å²) in [4.78, 5) is 35.6. The number of methoxy groups -OCH3 is 1. The molecule has 5 aromatic rings. The molecule has 0 radical (unpaired) electrons. The summed E-state index contributed by atoms with van der Waals surface area (Å²) in [5.41, 5.74) is 9.26. The molecule has 0 heterocycles. The number of rotatable bonds is 13. The van der Waals surface area contributed by atoms with Crippen molar-refractivity contribution in [2.75, 3.05) is 7.11 Å². The number of esters is 1. The van der Waals surface area contributed by atoms with Gasteiger partial charge in [-0.2, -0.15) is 0 Å². The Kier molecular flexibility index (Phi) is 10.5. The van der Waals surface area contributed by atoms with Crippen LogP contribution in [0.25, 0.3) is 11.1 Å². The third kappa shape index (κ3) is 7.42. The summed E-state index contributed by atoms with van der Waals surface area (Å²) in [5.74, 6) is 0.296. The van der Waals surface area contributed by atoms with E-state index in [1.165, 1.54) is 7.11 Å². The summed E-state index contributed by atoms with van der Waals surface area (Å²) < 4.78 is 22.5. The highest BCUT2D eigenvalue weighted by molar-refractivity contribution is 5.91. The van der Waals surface area contributed by atoms with Gasteiger partial charge in [0.05, 0.1) is 12.7 Å². The van der Waals surface area contributed by atoms with Gasteiger partial charge in [-0.1, -0.05) is 78.9 Å². The largest absolute Gasteiger partial charge is 0.489 e. The first-order valence-corrected chi connectivity index (χ1v) is 15.2. The topological polar surface area (TPSA) is 88.1 Å². The molecule has 2 unspecified atom stereocenters. The quantitative estimate of drug-likeness (QED) is 0.0738. The van der Waals surface area contributed by atoms with Crippen molar-refractivity contribution in [1.82, 2.24) is 0 Å². The van der Waals surface area contributed by atoms with Crippen molar-refractivity contribution in [1.29, 1.82) is 0 Å². The fourth-order valence-electron chi connectivity index (χ4n) is 5.96. The maximum Gasteiger partial charge on any atom is 0.337 e. The van der Waals surface area contributed by atoms with Crippen LogP contribution >= 0.6 is 0 Å². The maximum absolute atomic E-state index is 12.2. The summed E-state index contributed by atoms with van der Waals surface area (Å²) in [6.45, 7) is 7.08. The molecule has 0 saturated carbocycles. The fraction of sp³-hybridized carbons (Fsp3) is 0.175. The summed E-state index contributed by atoms with van der Waals surface area (Å²) >= 11 is 0. The van der Waals surface area contributed by atoms with Crippen LogP contribution in [0.3, 0.4) is 0 Å². The molecule has 7 heteroatoms. The fourth-order valence-corrected chi connectivity index (χ4v) is 5.96. The Morgan fingerprint density at radius 1 is 0.660 bits per heavy atom. The van der Waals surface area contributed by atoms with Gasteiger partial charge in [-0.15, -0.1) is 0 Å². The predicted octanol–water partition coefficient (Wildman–Crippen LogP) is 8.17. The molecule has 0 saturated heterocycles. The Bertz CT molecular complexity index is 1840. The Labute approximate surface area is 274 Å². The summed E-state index contributed by atoms with van der Waals surface area (Å²) in [6.07, 6.45) is -1.48. The first kappa shape index (κ1) is 32.7. The molecule has 0 bridgehead atoms. The van der Waals surface area contributed by atoms with Gasteiger partial charge >= 0.3 is 5.97 Å². The van der Waals surface area contributed by atoms with E-state index < -0.39 is 12.2 Å². The summed E-state index contributed by atoms with van der Waals surface area (Å²) in [7, 11) is 1.38. The molecule has 238 valence electrons. The molecule has 2 atom stereocenters. The van der Waals surface area contributed by atoms with Crippen LogP contribution in [0.15, 0.2) is 109 Å². The van der Waals surface area contributed by atoms with E-state index in [9.17, 15) is 14.4 Å². The van der Waals surface area contributed by atoms with Gasteiger partial charge in [-0.3, -0.25) is 9.59 Å². The van der Waals surface area contributed by atoms with E-state index in [1.807, 2.05) is 130 Å². The molecule has 7 nitrogen and oxygen atoms in total. The van der Waals surface area contributed by atoms with Crippen LogP contribution in [-0.2, 0) is 30.4 Å². The molecule has 0 aliphatic rings. The Morgan fingerprint density at radius 2 is 1.23 bits per heavy atom. The highest BCUT2D eigenvalue weighted by atomic mass is 16.5. The van der Waals surface area contributed by atoms with Gasteiger partial charge < -0.3 is 18.9 Å². The lowest BCUT2D eigenvalue weighted by Gasteiger charge is -2.25. The van der Waals surface area contributed by atoms with Crippen LogP contribution in [0, 0.1) is 20.8 Å². The average Bonchev–Trinajstić information content (AvgIpc) is 3.09. The molecular formula is C40H36O7. The second kappa shape index (κ2) is 15.1. The standard InChI is InChI=1S/C40H36O7/c1-26-15-17-33(22-35(26)37-27(2)19-32(20-28(37)3)40(43)44-4)45-23-29-16-18-34(38(46-24-41)30-11-7-5-8-12-30)36(21-29)39(47-25-42)31-13-9-6-10-14-31/h5-22,24-25,38-39H,23H2,1-4H3. The number of aryl methyl sites for hydroxylation is 3. The summed E-state index contributed by atoms with van der Waals surface area (Å²) in [6, 6.07) is 34.2. The molecule has 0 fully saturated rings. The zero-order valence-electron chi connectivity index (χ0n) is 26.8. The number of carbonyl (C=O) groups is 3. The lowest BCUT2D eigenvalue weighted by Crippen LogP contribution is -2.14. The molecule has 47 heavy (non-hydrogen) atoms. The molecule has 0 amide bonds. The van der Waals surface area contributed by atoms with Crippen LogP contribution in [0.1, 0.15) is 67.1 Å². The van der Waals surface area contributed by atoms with Gasteiger partial charge in [0.2, 0.25) is 0 Å². The minimum Gasteiger partial charge on any atom is -0.489 e. The smallest absolute Gasteiger partial charge is 0.337 e. The maximum atomic E-state index is 12.2. The lowest BCUT2D eigenvalue weighted by molar-refractivity contribution is -0.134. The number of benzene rings is 5. The van der Waals surface area contributed by atoms with E-state index in [-0.39, 0.29) is 12.6 Å². The second-order valence-corrected chi connectivity index (χ2v) is 11.3. The van der Waals surface area contributed by atoms with Crippen LogP contribution in [0.5, 0.6) is 5.75 Å². The third-order valence-electron chi connectivity index (χ3n) is 8.14. The van der Waals surface area contributed by atoms with Crippen molar-refractivity contribution in [3.05, 3.63) is 159 Å². The lowest BCUT2D eigenvalue weighted by atomic mass is 9.89. The van der Waals surface area contributed by atoms with Crippen molar-refractivity contribution >= 4 is 18.9 Å². The normalized spacial score (nSPS) is 12.0. The van der Waals surface area contributed by atoms with E-state index in [2.05, 4.69) is 0 Å². The van der Waals surface area contributed by atoms with E-state index in [0.29, 0.717) is 35.4 Å². The van der Waals surface area contributed by atoms with Gasteiger partial charge in [-0.25, -0.2) is 4.79 Å². The highest BCUT2D eigenvalue weighted by Gasteiger charge is 2.26. The number of carbonyl (C=O) groups excluding carboxylic acids is 3. The van der Waals surface area contributed by atoms with E-state index in [0.717, 1.165) is 44.5 Å². The zero-order valence-corrected chi connectivity index (χ0v) is 26.8. The minimum atomic E-state index is -0.755. The Hall–Kier alpha value is -5.69. The van der Waals surface area contributed by atoms with Crippen LogP contribution in [0.4, 0.5) is 0 Å². The predicted molar refractivity (Wildman–Crippen MR) is 179 cm³/mol. The van der Waals surface area contributed by atoms with Gasteiger partial charge in [0.15, 0.2) is 12.2 Å². The van der Waals surface area contributed by atoms with Crippen molar-refractivity contribution in [2.24, 2.45) is 0 Å². The van der Waals surface area contributed by atoms with Crippen LogP contribution in [0.2, 0.25) is 0 Å². The van der Waals surface area contributed by atoms with Crippen molar-refractivity contribution in [2.45, 2.75) is 39.6 Å². The molecule has 0 N–H and O–H groups in total. The van der Waals surface area contributed by atoms with E-state index in [1.54, 1.807) is 0 Å². The van der Waals surface area contributed by atoms with Gasteiger partial charge in [0.25, 0.3) is 12.9 Å². The SMILES string of the molecule is COC(=O)c1cc(C)c(-c2cc(OCc3ccc(C(OC=O)c4ccccc4)c(C(OC=O)c4ccccc4)c3)ccc2C)c(C)c1. The average molecular weight is 629 g/mol. The molecule has 5 aromatic carbocycles.